The third-order valence-corrected chi connectivity index (χ3v) is 4.49. The van der Waals surface area contributed by atoms with Crippen molar-refractivity contribution in [1.29, 1.82) is 0 Å². The molecule has 1 aliphatic rings. The van der Waals surface area contributed by atoms with E-state index in [1.54, 1.807) is 22.8 Å². The van der Waals surface area contributed by atoms with Gasteiger partial charge in [0.25, 0.3) is 5.56 Å². The molecule has 126 valence electrons. The maximum absolute atomic E-state index is 12.9. The van der Waals surface area contributed by atoms with Crippen molar-refractivity contribution in [3.05, 3.63) is 69.9 Å². The van der Waals surface area contributed by atoms with Gasteiger partial charge in [0, 0.05) is 24.8 Å². The molecule has 3 rings (SSSR count). The Morgan fingerprint density at radius 2 is 1.92 bits per heavy atom. The summed E-state index contributed by atoms with van der Waals surface area (Å²) in [5.41, 5.74) is 1.78. The maximum atomic E-state index is 12.9. The van der Waals surface area contributed by atoms with Gasteiger partial charge in [0.2, 0.25) is 0 Å². The maximum Gasteiger partial charge on any atom is 0.251 e. The van der Waals surface area contributed by atoms with Crippen molar-refractivity contribution in [2.45, 2.75) is 38.3 Å². The fourth-order valence-corrected chi connectivity index (χ4v) is 3.04. The highest BCUT2D eigenvalue weighted by Crippen LogP contribution is 2.11. The van der Waals surface area contributed by atoms with Crippen molar-refractivity contribution < 1.29 is 4.39 Å². The van der Waals surface area contributed by atoms with Crippen LogP contribution in [0.15, 0.2) is 47.4 Å². The zero-order valence-electron chi connectivity index (χ0n) is 13.7. The second-order valence-corrected chi connectivity index (χ2v) is 6.31. The lowest BCUT2D eigenvalue weighted by atomic mass is 10.0. The Hall–Kier alpha value is -2.20. The third-order valence-electron chi connectivity index (χ3n) is 4.49. The Bertz CT molecular complexity index is 743. The Labute approximate surface area is 141 Å². The minimum atomic E-state index is -0.248. The molecular formula is C20H23FN2O. The van der Waals surface area contributed by atoms with Crippen LogP contribution in [0.1, 0.15) is 36.8 Å². The highest BCUT2D eigenvalue weighted by molar-refractivity contribution is 5.69. The van der Waals surface area contributed by atoms with Gasteiger partial charge >= 0.3 is 0 Å². The topological polar surface area (TPSA) is 34.0 Å². The van der Waals surface area contributed by atoms with Crippen molar-refractivity contribution in [1.82, 2.24) is 9.88 Å². The van der Waals surface area contributed by atoms with E-state index >= 15 is 0 Å². The van der Waals surface area contributed by atoms with Crippen LogP contribution >= 0.6 is 0 Å². The van der Waals surface area contributed by atoms with Crippen LogP contribution in [0.2, 0.25) is 0 Å². The number of aryl methyl sites for hydroxylation is 1. The molecule has 1 saturated heterocycles. The molecule has 1 N–H and O–H groups in total. The fourth-order valence-electron chi connectivity index (χ4n) is 3.04. The van der Waals surface area contributed by atoms with Crippen LogP contribution in [0.3, 0.4) is 0 Å². The van der Waals surface area contributed by atoms with Crippen LogP contribution in [-0.4, -0.2) is 17.2 Å². The number of pyridine rings is 1. The molecule has 2 aromatic rings. The average Bonchev–Trinajstić information content (AvgIpc) is 2.61. The van der Waals surface area contributed by atoms with Gasteiger partial charge < -0.3 is 9.88 Å². The SMILES string of the molecule is O=c1cc(/C=C/c2ccc(F)cc2)ccn1CCC1CCCCN1. The smallest absolute Gasteiger partial charge is 0.251 e. The molecule has 1 fully saturated rings. The van der Waals surface area contributed by atoms with E-state index in [0.29, 0.717) is 6.04 Å². The van der Waals surface area contributed by atoms with Gasteiger partial charge in [0.1, 0.15) is 5.82 Å². The number of benzene rings is 1. The van der Waals surface area contributed by atoms with E-state index in [1.807, 2.05) is 24.4 Å². The monoisotopic (exact) mass is 326 g/mol. The van der Waals surface area contributed by atoms with Gasteiger partial charge in [-0.15, -0.1) is 0 Å². The quantitative estimate of drug-likeness (QED) is 0.909. The van der Waals surface area contributed by atoms with Crippen LogP contribution in [-0.2, 0) is 6.54 Å². The van der Waals surface area contributed by atoms with E-state index in [0.717, 1.165) is 30.6 Å². The predicted molar refractivity (Wildman–Crippen MR) is 96.3 cm³/mol. The number of halogens is 1. The first-order valence-corrected chi connectivity index (χ1v) is 8.58. The minimum Gasteiger partial charge on any atom is -0.315 e. The van der Waals surface area contributed by atoms with Gasteiger partial charge in [-0.1, -0.05) is 30.7 Å². The summed E-state index contributed by atoms with van der Waals surface area (Å²) in [6.07, 6.45) is 10.3. The standard InChI is InChI=1S/C20H23FN2O/c21-18-8-6-16(7-9-18)4-5-17-10-13-23(20(24)15-17)14-11-19-3-1-2-12-22-19/h4-10,13,15,19,22H,1-3,11-12,14H2/b5-4+. The molecule has 1 unspecified atom stereocenters. The molecular weight excluding hydrogens is 303 g/mol. The Balaban J connectivity index is 1.61. The van der Waals surface area contributed by atoms with E-state index < -0.39 is 0 Å². The van der Waals surface area contributed by atoms with Crippen LogP contribution in [0.25, 0.3) is 12.2 Å². The minimum absolute atomic E-state index is 0.0204. The van der Waals surface area contributed by atoms with E-state index in [4.69, 9.17) is 0 Å². The Morgan fingerprint density at radius 1 is 1.12 bits per heavy atom. The van der Waals surface area contributed by atoms with Gasteiger partial charge in [-0.3, -0.25) is 4.79 Å². The third kappa shape index (κ3) is 4.65. The first kappa shape index (κ1) is 16.7. The van der Waals surface area contributed by atoms with E-state index in [1.165, 1.54) is 31.4 Å². The second kappa shape index (κ2) is 8.06. The number of hydrogen-bond donors (Lipinski definition) is 1. The highest BCUT2D eigenvalue weighted by Gasteiger charge is 2.12. The Morgan fingerprint density at radius 3 is 2.62 bits per heavy atom. The number of nitrogens with one attached hydrogen (secondary N) is 1. The van der Waals surface area contributed by atoms with Crippen LogP contribution < -0.4 is 10.9 Å². The molecule has 0 amide bonds. The van der Waals surface area contributed by atoms with Crippen LogP contribution in [0.4, 0.5) is 4.39 Å². The van der Waals surface area contributed by atoms with Crippen LogP contribution in [0, 0.1) is 5.82 Å². The zero-order chi connectivity index (χ0) is 16.8. The molecule has 0 bridgehead atoms. The molecule has 1 aromatic carbocycles. The van der Waals surface area contributed by atoms with E-state index in [9.17, 15) is 9.18 Å². The van der Waals surface area contributed by atoms with Crippen molar-refractivity contribution in [3.63, 3.8) is 0 Å². The van der Waals surface area contributed by atoms with Crippen molar-refractivity contribution in [2.24, 2.45) is 0 Å². The first-order chi connectivity index (χ1) is 11.7. The van der Waals surface area contributed by atoms with E-state index in [-0.39, 0.29) is 11.4 Å². The molecule has 4 heteroatoms. The molecule has 1 aromatic heterocycles. The number of rotatable bonds is 5. The molecule has 0 saturated carbocycles. The highest BCUT2D eigenvalue weighted by atomic mass is 19.1. The number of aromatic nitrogens is 1. The first-order valence-electron chi connectivity index (χ1n) is 8.58. The molecule has 1 atom stereocenters. The van der Waals surface area contributed by atoms with Crippen LogP contribution in [0.5, 0.6) is 0 Å². The molecule has 24 heavy (non-hydrogen) atoms. The lowest BCUT2D eigenvalue weighted by molar-refractivity contribution is 0.365. The Kier molecular flexibility index (Phi) is 5.59. The zero-order valence-corrected chi connectivity index (χ0v) is 13.7. The predicted octanol–water partition coefficient (Wildman–Crippen LogP) is 3.69. The summed E-state index contributed by atoms with van der Waals surface area (Å²) in [5, 5.41) is 3.51. The summed E-state index contributed by atoms with van der Waals surface area (Å²) in [4.78, 5) is 12.2. The lowest BCUT2D eigenvalue weighted by Crippen LogP contribution is -2.35. The molecule has 0 radical (unpaired) electrons. The normalized spacial score (nSPS) is 18.1. The lowest BCUT2D eigenvalue weighted by Gasteiger charge is -2.23. The summed E-state index contributed by atoms with van der Waals surface area (Å²) in [6.45, 7) is 1.84. The summed E-state index contributed by atoms with van der Waals surface area (Å²) in [6, 6.07) is 10.4. The molecule has 0 spiro atoms. The summed E-state index contributed by atoms with van der Waals surface area (Å²) < 4.78 is 14.7. The fraction of sp³-hybridized carbons (Fsp3) is 0.350. The number of nitrogens with zero attached hydrogens (tertiary/aromatic N) is 1. The van der Waals surface area contributed by atoms with Gasteiger partial charge in [-0.2, -0.15) is 0 Å². The molecule has 1 aliphatic heterocycles. The van der Waals surface area contributed by atoms with E-state index in [2.05, 4.69) is 5.32 Å². The number of hydrogen-bond acceptors (Lipinski definition) is 2. The summed E-state index contributed by atoms with van der Waals surface area (Å²) >= 11 is 0. The summed E-state index contributed by atoms with van der Waals surface area (Å²) in [7, 11) is 0. The van der Waals surface area contributed by atoms with Gasteiger partial charge in [0.15, 0.2) is 0 Å². The van der Waals surface area contributed by atoms with Gasteiger partial charge in [-0.05, 0) is 55.1 Å². The second-order valence-electron chi connectivity index (χ2n) is 6.31. The number of piperidine rings is 1. The van der Waals surface area contributed by atoms with Crippen molar-refractivity contribution in [2.75, 3.05) is 6.54 Å². The largest absolute Gasteiger partial charge is 0.315 e. The summed E-state index contributed by atoms with van der Waals surface area (Å²) in [5.74, 6) is -0.248. The van der Waals surface area contributed by atoms with Gasteiger partial charge in [0.05, 0.1) is 0 Å². The average molecular weight is 326 g/mol. The van der Waals surface area contributed by atoms with Gasteiger partial charge in [-0.25, -0.2) is 4.39 Å². The molecule has 3 nitrogen and oxygen atoms in total. The van der Waals surface area contributed by atoms with Crippen molar-refractivity contribution >= 4 is 12.2 Å². The molecule has 0 aliphatic carbocycles. The molecule has 2 heterocycles. The van der Waals surface area contributed by atoms with Crippen molar-refractivity contribution in [3.8, 4) is 0 Å².